The number of hydrogen-bond donors (Lipinski definition) is 1. The van der Waals surface area contributed by atoms with Gasteiger partial charge < -0.3 is 9.88 Å². The molecule has 1 aliphatic rings. The van der Waals surface area contributed by atoms with Gasteiger partial charge in [-0.25, -0.2) is 4.39 Å². The molecular formula is C22H22ClFN2. The number of fused-ring (bicyclic) bond motifs is 3. The standard InChI is InChI=1S/C22H22ClFN2/c1-14(19(12-23)15-3-6-17(24)7-4-15)16-5-8-21-18(11-16)20-13-26(2)10-9-22(20)25-21/h3-8,11,25H,9-10,12-13H2,1-2H3/b19-14+. The van der Waals surface area contributed by atoms with E-state index >= 15 is 0 Å². The molecule has 0 bridgehead atoms. The van der Waals surface area contributed by atoms with Crippen molar-refractivity contribution >= 4 is 33.7 Å². The molecule has 2 nitrogen and oxygen atoms in total. The van der Waals surface area contributed by atoms with Crippen LogP contribution in [0.1, 0.15) is 29.3 Å². The molecule has 2 heterocycles. The molecule has 4 heteroatoms. The molecule has 1 aliphatic heterocycles. The van der Waals surface area contributed by atoms with Gasteiger partial charge in [-0.1, -0.05) is 18.2 Å². The fraction of sp³-hybridized carbons (Fsp3) is 0.273. The minimum absolute atomic E-state index is 0.232. The van der Waals surface area contributed by atoms with E-state index in [1.165, 1.54) is 34.3 Å². The van der Waals surface area contributed by atoms with E-state index in [0.29, 0.717) is 5.88 Å². The van der Waals surface area contributed by atoms with E-state index in [1.54, 1.807) is 12.1 Å². The topological polar surface area (TPSA) is 19.0 Å². The Morgan fingerprint density at radius 3 is 2.62 bits per heavy atom. The Balaban J connectivity index is 1.82. The van der Waals surface area contributed by atoms with Crippen LogP contribution < -0.4 is 0 Å². The second-order valence-corrected chi connectivity index (χ2v) is 7.34. The van der Waals surface area contributed by atoms with Gasteiger partial charge in [-0.05, 0) is 66.1 Å². The number of benzene rings is 2. The zero-order valence-electron chi connectivity index (χ0n) is 15.1. The van der Waals surface area contributed by atoms with Gasteiger partial charge in [0.15, 0.2) is 0 Å². The van der Waals surface area contributed by atoms with E-state index in [-0.39, 0.29) is 5.82 Å². The van der Waals surface area contributed by atoms with Crippen molar-refractivity contribution in [1.29, 1.82) is 0 Å². The number of alkyl halides is 1. The highest BCUT2D eigenvalue weighted by Gasteiger charge is 2.19. The molecule has 0 unspecified atom stereocenters. The molecule has 3 aromatic rings. The lowest BCUT2D eigenvalue weighted by molar-refractivity contribution is 0.313. The lowest BCUT2D eigenvalue weighted by Gasteiger charge is -2.22. The number of likely N-dealkylation sites (N-methyl/N-ethyl adjacent to an activating group) is 1. The summed E-state index contributed by atoms with van der Waals surface area (Å²) < 4.78 is 13.3. The predicted octanol–water partition coefficient (Wildman–Crippen LogP) is 5.46. The molecule has 4 rings (SSSR count). The van der Waals surface area contributed by atoms with Gasteiger partial charge in [0.25, 0.3) is 0 Å². The molecule has 0 fully saturated rings. The van der Waals surface area contributed by atoms with Crippen LogP contribution in [0.3, 0.4) is 0 Å². The van der Waals surface area contributed by atoms with Crippen LogP contribution in [0.2, 0.25) is 0 Å². The van der Waals surface area contributed by atoms with Gasteiger partial charge in [0, 0.05) is 42.0 Å². The summed E-state index contributed by atoms with van der Waals surface area (Å²) in [7, 11) is 2.16. The first-order valence-electron chi connectivity index (χ1n) is 8.91. The third-order valence-corrected chi connectivity index (χ3v) is 5.65. The van der Waals surface area contributed by atoms with Crippen molar-refractivity contribution in [2.24, 2.45) is 0 Å². The smallest absolute Gasteiger partial charge is 0.123 e. The average Bonchev–Trinajstić information content (AvgIpc) is 3.01. The molecular weight excluding hydrogens is 347 g/mol. The second kappa shape index (κ2) is 6.90. The third kappa shape index (κ3) is 3.06. The summed E-state index contributed by atoms with van der Waals surface area (Å²) in [5, 5.41) is 1.29. The predicted molar refractivity (Wildman–Crippen MR) is 108 cm³/mol. The fourth-order valence-electron chi connectivity index (χ4n) is 3.80. The van der Waals surface area contributed by atoms with Crippen LogP contribution in [-0.4, -0.2) is 29.4 Å². The number of halogens is 2. The number of nitrogens with one attached hydrogen (secondary N) is 1. The molecule has 1 N–H and O–H groups in total. The summed E-state index contributed by atoms with van der Waals surface area (Å²) in [6.45, 7) is 4.15. The molecule has 0 saturated carbocycles. The summed E-state index contributed by atoms with van der Waals surface area (Å²) in [5.74, 6) is 0.161. The van der Waals surface area contributed by atoms with Crippen LogP contribution in [0.25, 0.3) is 22.0 Å². The zero-order chi connectivity index (χ0) is 18.3. The Labute approximate surface area is 158 Å². The zero-order valence-corrected chi connectivity index (χ0v) is 15.8. The lowest BCUT2D eigenvalue weighted by atomic mass is 9.95. The van der Waals surface area contributed by atoms with Crippen LogP contribution in [0.5, 0.6) is 0 Å². The van der Waals surface area contributed by atoms with E-state index in [9.17, 15) is 4.39 Å². The van der Waals surface area contributed by atoms with Crippen LogP contribution in [-0.2, 0) is 13.0 Å². The van der Waals surface area contributed by atoms with E-state index < -0.39 is 0 Å². The number of allylic oxidation sites excluding steroid dienone is 2. The van der Waals surface area contributed by atoms with E-state index in [4.69, 9.17) is 11.6 Å². The minimum Gasteiger partial charge on any atom is -0.358 e. The van der Waals surface area contributed by atoms with Crippen LogP contribution in [0.4, 0.5) is 4.39 Å². The van der Waals surface area contributed by atoms with Crippen molar-refractivity contribution < 1.29 is 4.39 Å². The second-order valence-electron chi connectivity index (χ2n) is 7.07. The quantitative estimate of drug-likeness (QED) is 0.480. The fourth-order valence-corrected chi connectivity index (χ4v) is 4.16. The Morgan fingerprint density at radius 2 is 1.88 bits per heavy atom. The number of rotatable bonds is 3. The normalized spacial score (nSPS) is 15.8. The largest absolute Gasteiger partial charge is 0.358 e. The number of hydrogen-bond acceptors (Lipinski definition) is 1. The molecule has 26 heavy (non-hydrogen) atoms. The van der Waals surface area contributed by atoms with E-state index in [2.05, 4.69) is 42.1 Å². The molecule has 0 atom stereocenters. The molecule has 0 aliphatic carbocycles. The van der Waals surface area contributed by atoms with Gasteiger partial charge in [-0.15, -0.1) is 11.6 Å². The Bertz CT molecular complexity index is 985. The first-order valence-corrected chi connectivity index (χ1v) is 9.44. The van der Waals surface area contributed by atoms with E-state index in [1.807, 2.05) is 0 Å². The molecule has 0 saturated heterocycles. The molecule has 134 valence electrons. The number of aromatic amines is 1. The average molecular weight is 369 g/mol. The first-order chi connectivity index (χ1) is 12.6. The molecule has 0 radical (unpaired) electrons. The van der Waals surface area contributed by atoms with Gasteiger partial charge in [0.1, 0.15) is 5.82 Å². The highest BCUT2D eigenvalue weighted by Crippen LogP contribution is 2.32. The Morgan fingerprint density at radius 1 is 1.15 bits per heavy atom. The summed E-state index contributed by atoms with van der Waals surface area (Å²) >= 11 is 6.25. The molecule has 0 amide bonds. The van der Waals surface area contributed by atoms with Crippen molar-refractivity contribution in [3.8, 4) is 0 Å². The van der Waals surface area contributed by atoms with Gasteiger partial charge in [0.05, 0.1) is 0 Å². The molecule has 1 aromatic heterocycles. The van der Waals surface area contributed by atoms with Crippen molar-refractivity contribution in [3.63, 3.8) is 0 Å². The maximum Gasteiger partial charge on any atom is 0.123 e. The highest BCUT2D eigenvalue weighted by atomic mass is 35.5. The summed E-state index contributed by atoms with van der Waals surface area (Å²) in [6, 6.07) is 13.1. The maximum atomic E-state index is 13.3. The van der Waals surface area contributed by atoms with Crippen molar-refractivity contribution in [3.05, 3.63) is 70.7 Å². The molecule has 0 spiro atoms. The highest BCUT2D eigenvalue weighted by molar-refractivity contribution is 6.25. The minimum atomic E-state index is -0.232. The van der Waals surface area contributed by atoms with Gasteiger partial charge in [-0.2, -0.15) is 0 Å². The summed E-state index contributed by atoms with van der Waals surface area (Å²) in [4.78, 5) is 5.93. The number of aromatic nitrogens is 1. The van der Waals surface area contributed by atoms with Gasteiger partial charge in [0.2, 0.25) is 0 Å². The first kappa shape index (κ1) is 17.3. The van der Waals surface area contributed by atoms with Crippen LogP contribution >= 0.6 is 11.6 Å². The van der Waals surface area contributed by atoms with Crippen LogP contribution in [0, 0.1) is 5.82 Å². The summed E-state index contributed by atoms with van der Waals surface area (Å²) in [6.07, 6.45) is 1.06. The summed E-state index contributed by atoms with van der Waals surface area (Å²) in [5.41, 5.74) is 8.24. The third-order valence-electron chi connectivity index (χ3n) is 5.38. The van der Waals surface area contributed by atoms with Gasteiger partial charge >= 0.3 is 0 Å². The van der Waals surface area contributed by atoms with Gasteiger partial charge in [-0.3, -0.25) is 0 Å². The Hall–Kier alpha value is -2.10. The SMILES string of the molecule is C/C(=C(/CCl)c1ccc(F)cc1)c1ccc2[nH]c3c(c2c1)CN(C)CC3. The van der Waals surface area contributed by atoms with Crippen LogP contribution in [0.15, 0.2) is 42.5 Å². The Kier molecular flexibility index (Phi) is 4.60. The number of nitrogens with zero attached hydrogens (tertiary/aromatic N) is 1. The van der Waals surface area contributed by atoms with Crippen molar-refractivity contribution in [2.45, 2.75) is 19.9 Å². The number of H-pyrrole nitrogens is 1. The van der Waals surface area contributed by atoms with Crippen molar-refractivity contribution in [1.82, 2.24) is 9.88 Å². The maximum absolute atomic E-state index is 13.3. The lowest BCUT2D eigenvalue weighted by Crippen LogP contribution is -2.26. The monoisotopic (exact) mass is 368 g/mol. The molecule has 2 aromatic carbocycles. The van der Waals surface area contributed by atoms with E-state index in [0.717, 1.165) is 41.8 Å². The van der Waals surface area contributed by atoms with Crippen molar-refractivity contribution in [2.75, 3.05) is 19.5 Å².